The molecule has 174 valence electrons. The van der Waals surface area contributed by atoms with Crippen molar-refractivity contribution in [2.45, 2.75) is 84.1 Å². The number of hydrogen-bond acceptors (Lipinski definition) is 4. The molecular formula is C24H45N3O2S. The molecule has 30 heavy (non-hydrogen) atoms. The fourth-order valence-electron chi connectivity index (χ4n) is 8.73. The zero-order valence-corrected chi connectivity index (χ0v) is 20.3. The number of hydrogen-bond donors (Lipinski definition) is 3. The second kappa shape index (κ2) is 8.64. The smallest absolute Gasteiger partial charge is 0.208 e. The van der Waals surface area contributed by atoms with Gasteiger partial charge in [0.05, 0.1) is 6.26 Å². The summed E-state index contributed by atoms with van der Waals surface area (Å²) in [4.78, 5) is 0. The summed E-state index contributed by atoms with van der Waals surface area (Å²) in [5.74, 6) is 4.21. The molecule has 0 saturated heterocycles. The average molecular weight is 440 g/mol. The first-order valence-electron chi connectivity index (χ1n) is 12.6. The zero-order valence-electron chi connectivity index (χ0n) is 19.5. The van der Waals surface area contributed by atoms with Crippen LogP contribution in [0.4, 0.5) is 0 Å². The van der Waals surface area contributed by atoms with Crippen LogP contribution in [0.3, 0.4) is 0 Å². The summed E-state index contributed by atoms with van der Waals surface area (Å²) in [5.41, 5.74) is 6.67. The fraction of sp³-hybridized carbons (Fsp3) is 1.00. The summed E-state index contributed by atoms with van der Waals surface area (Å²) in [6, 6.07) is 0.676. The van der Waals surface area contributed by atoms with Crippen molar-refractivity contribution in [3.8, 4) is 0 Å². The fourth-order valence-corrected chi connectivity index (χ4v) is 9.22. The van der Waals surface area contributed by atoms with E-state index in [2.05, 4.69) is 23.9 Å². The molecule has 4 aliphatic rings. The van der Waals surface area contributed by atoms with E-state index in [0.717, 1.165) is 43.2 Å². The Morgan fingerprint density at radius 3 is 2.40 bits per heavy atom. The van der Waals surface area contributed by atoms with Crippen molar-refractivity contribution >= 4 is 10.0 Å². The number of rotatable bonds is 7. The van der Waals surface area contributed by atoms with Crippen LogP contribution >= 0.6 is 0 Å². The molecule has 4 rings (SSSR count). The SMILES string of the molecule is C[C@]12CCC(NCCN)CC1CCC1C2CC[C@@]2(C)C1CC[C@@H]2CCNS(C)(=O)=O. The lowest BCUT2D eigenvalue weighted by molar-refractivity contribution is -0.114. The van der Waals surface area contributed by atoms with Gasteiger partial charge in [-0.1, -0.05) is 13.8 Å². The molecule has 0 aromatic carbocycles. The van der Waals surface area contributed by atoms with E-state index in [-0.39, 0.29) is 0 Å². The molecule has 0 heterocycles. The van der Waals surface area contributed by atoms with Crippen molar-refractivity contribution in [1.82, 2.24) is 10.0 Å². The summed E-state index contributed by atoms with van der Waals surface area (Å²) in [7, 11) is -3.08. The van der Waals surface area contributed by atoms with Gasteiger partial charge in [-0.3, -0.25) is 0 Å². The number of sulfonamides is 1. The topological polar surface area (TPSA) is 84.2 Å². The first kappa shape index (κ1) is 23.0. The summed E-state index contributed by atoms with van der Waals surface area (Å²) in [6.45, 7) is 7.49. The molecule has 0 aromatic rings. The Labute approximate surface area is 184 Å². The first-order valence-corrected chi connectivity index (χ1v) is 14.4. The minimum absolute atomic E-state index is 0.420. The molecule has 0 radical (unpaired) electrons. The first-order chi connectivity index (χ1) is 14.2. The minimum atomic E-state index is -3.08. The van der Waals surface area contributed by atoms with Crippen LogP contribution in [0.15, 0.2) is 0 Å². The Morgan fingerprint density at radius 2 is 1.67 bits per heavy atom. The molecule has 0 aromatic heterocycles. The summed E-state index contributed by atoms with van der Waals surface area (Å²) < 4.78 is 25.7. The van der Waals surface area contributed by atoms with Crippen LogP contribution in [-0.2, 0) is 10.0 Å². The summed E-state index contributed by atoms with van der Waals surface area (Å²) in [6.07, 6.45) is 14.5. The van der Waals surface area contributed by atoms with Gasteiger partial charge in [-0.2, -0.15) is 0 Å². The van der Waals surface area contributed by atoms with Gasteiger partial charge in [-0.25, -0.2) is 13.1 Å². The van der Waals surface area contributed by atoms with E-state index in [1.807, 2.05) is 0 Å². The Balaban J connectivity index is 1.42. The third-order valence-electron chi connectivity index (χ3n) is 10.3. The van der Waals surface area contributed by atoms with E-state index >= 15 is 0 Å². The van der Waals surface area contributed by atoms with E-state index < -0.39 is 10.0 Å². The molecule has 0 spiro atoms. The van der Waals surface area contributed by atoms with E-state index in [0.29, 0.717) is 29.3 Å². The molecule has 0 bridgehead atoms. The Hall–Kier alpha value is -0.170. The molecule has 0 aliphatic heterocycles. The van der Waals surface area contributed by atoms with Crippen LogP contribution in [0.2, 0.25) is 0 Å². The lowest BCUT2D eigenvalue weighted by Crippen LogP contribution is -2.55. The molecule has 0 amide bonds. The highest BCUT2D eigenvalue weighted by Crippen LogP contribution is 2.67. The number of nitrogens with one attached hydrogen (secondary N) is 2. The highest BCUT2D eigenvalue weighted by Gasteiger charge is 2.59. The van der Waals surface area contributed by atoms with Crippen LogP contribution in [0.5, 0.6) is 0 Å². The van der Waals surface area contributed by atoms with Gasteiger partial charge in [0.25, 0.3) is 0 Å². The third-order valence-corrected chi connectivity index (χ3v) is 11.0. The highest BCUT2D eigenvalue weighted by atomic mass is 32.2. The minimum Gasteiger partial charge on any atom is -0.329 e. The summed E-state index contributed by atoms with van der Waals surface area (Å²) >= 11 is 0. The van der Waals surface area contributed by atoms with Gasteiger partial charge in [0.1, 0.15) is 0 Å². The normalized spacial score (nSPS) is 46.1. The second-order valence-corrected chi connectivity index (χ2v) is 13.5. The van der Waals surface area contributed by atoms with Gasteiger partial charge >= 0.3 is 0 Å². The predicted octanol–water partition coefficient (Wildman–Crippen LogP) is 3.50. The van der Waals surface area contributed by atoms with Crippen LogP contribution in [0.1, 0.15) is 78.1 Å². The maximum absolute atomic E-state index is 11.5. The van der Waals surface area contributed by atoms with Crippen molar-refractivity contribution in [3.63, 3.8) is 0 Å². The summed E-state index contributed by atoms with van der Waals surface area (Å²) in [5, 5.41) is 3.70. The second-order valence-electron chi connectivity index (χ2n) is 11.6. The lowest BCUT2D eigenvalue weighted by Gasteiger charge is -2.61. The molecule has 5 nitrogen and oxygen atoms in total. The molecule has 4 fully saturated rings. The highest BCUT2D eigenvalue weighted by molar-refractivity contribution is 7.88. The van der Waals surface area contributed by atoms with E-state index in [1.54, 1.807) is 0 Å². The molecule has 6 heteroatoms. The van der Waals surface area contributed by atoms with Crippen molar-refractivity contribution in [3.05, 3.63) is 0 Å². The average Bonchev–Trinajstić information content (AvgIpc) is 3.02. The Kier molecular flexibility index (Phi) is 6.63. The van der Waals surface area contributed by atoms with E-state index in [9.17, 15) is 8.42 Å². The monoisotopic (exact) mass is 439 g/mol. The lowest BCUT2D eigenvalue weighted by atomic mass is 9.44. The Bertz CT molecular complexity index is 713. The molecule has 4 N–H and O–H groups in total. The van der Waals surface area contributed by atoms with Crippen LogP contribution in [-0.4, -0.2) is 40.3 Å². The van der Waals surface area contributed by atoms with Crippen molar-refractivity contribution in [2.75, 3.05) is 25.9 Å². The van der Waals surface area contributed by atoms with Crippen molar-refractivity contribution in [1.29, 1.82) is 0 Å². The number of fused-ring (bicyclic) bond motifs is 5. The van der Waals surface area contributed by atoms with E-state index in [4.69, 9.17) is 5.73 Å². The maximum Gasteiger partial charge on any atom is 0.208 e. The van der Waals surface area contributed by atoms with Gasteiger partial charge in [-0.05, 0) is 105 Å². The van der Waals surface area contributed by atoms with Crippen molar-refractivity contribution < 1.29 is 8.42 Å². The van der Waals surface area contributed by atoms with Crippen LogP contribution in [0, 0.1) is 40.4 Å². The quantitative estimate of drug-likeness (QED) is 0.567. The van der Waals surface area contributed by atoms with Gasteiger partial charge in [-0.15, -0.1) is 0 Å². The molecule has 4 saturated carbocycles. The molecule has 4 aliphatic carbocycles. The van der Waals surface area contributed by atoms with Gasteiger partial charge in [0.2, 0.25) is 10.0 Å². The van der Waals surface area contributed by atoms with Crippen molar-refractivity contribution in [2.24, 2.45) is 46.2 Å². The molecular weight excluding hydrogens is 394 g/mol. The Morgan fingerprint density at radius 1 is 0.933 bits per heavy atom. The third kappa shape index (κ3) is 4.23. The zero-order chi connectivity index (χ0) is 21.6. The van der Waals surface area contributed by atoms with Crippen LogP contribution < -0.4 is 15.8 Å². The largest absolute Gasteiger partial charge is 0.329 e. The van der Waals surface area contributed by atoms with Gasteiger partial charge in [0.15, 0.2) is 0 Å². The maximum atomic E-state index is 11.5. The molecule has 8 atom stereocenters. The van der Waals surface area contributed by atoms with Gasteiger partial charge < -0.3 is 11.1 Å². The van der Waals surface area contributed by atoms with Crippen LogP contribution in [0.25, 0.3) is 0 Å². The standard InChI is InChI=1S/C24H45N3O2S/c1-23-12-9-22-20(21(23)7-5-17(23)10-14-27-30(3,28)29)6-4-18-16-19(26-15-13-25)8-11-24(18,22)2/h17-22,26-27H,4-16,25H2,1-3H3/t17-,18?,19?,20?,21?,22?,23-,24+/m1/s1. The molecule has 5 unspecified atom stereocenters. The number of nitrogens with two attached hydrogens (primary N) is 1. The van der Waals surface area contributed by atoms with E-state index in [1.165, 1.54) is 64.0 Å². The predicted molar refractivity (Wildman–Crippen MR) is 124 cm³/mol. The van der Waals surface area contributed by atoms with Gasteiger partial charge in [0, 0.05) is 25.7 Å².